The minimum Gasteiger partial charge on any atom is -0.480 e. The smallest absolute Gasteiger partial charge is 0.328 e. The molecule has 2 amide bonds. The molecule has 0 fully saturated rings. The number of anilines is 1. The van der Waals surface area contributed by atoms with Crippen molar-refractivity contribution >= 4 is 17.7 Å². The van der Waals surface area contributed by atoms with Crippen LogP contribution in [0.4, 0.5) is 10.5 Å². The first-order valence-electron chi connectivity index (χ1n) is 5.98. The molecule has 0 aliphatic carbocycles. The molecule has 0 aliphatic rings. The monoisotopic (exact) mass is 266 g/mol. The second-order valence-corrected chi connectivity index (χ2v) is 4.17. The minimum atomic E-state index is -1.31. The Morgan fingerprint density at radius 2 is 2.05 bits per heavy atom. The summed E-state index contributed by atoms with van der Waals surface area (Å²) in [5.74, 6) is -1.28. The number of rotatable bonds is 5. The van der Waals surface area contributed by atoms with Crippen LogP contribution in [0.2, 0.25) is 0 Å². The SMILES string of the molecule is CCc1ccc(NC(=O)N[C@@H](CO)C(=O)O)cc1C. The van der Waals surface area contributed by atoms with Crippen LogP contribution in [-0.4, -0.2) is 34.9 Å². The highest BCUT2D eigenvalue weighted by Gasteiger charge is 2.18. The number of benzene rings is 1. The topological polar surface area (TPSA) is 98.7 Å². The Bertz CT molecular complexity index is 474. The lowest BCUT2D eigenvalue weighted by Crippen LogP contribution is -2.45. The van der Waals surface area contributed by atoms with E-state index in [0.717, 1.165) is 12.0 Å². The van der Waals surface area contributed by atoms with Crippen LogP contribution in [0.5, 0.6) is 0 Å². The van der Waals surface area contributed by atoms with E-state index in [2.05, 4.69) is 10.6 Å². The quantitative estimate of drug-likeness (QED) is 0.642. The number of aliphatic carboxylic acids is 1. The predicted molar refractivity (Wildman–Crippen MR) is 71.2 cm³/mol. The highest BCUT2D eigenvalue weighted by molar-refractivity contribution is 5.92. The molecule has 19 heavy (non-hydrogen) atoms. The van der Waals surface area contributed by atoms with Crippen molar-refractivity contribution in [2.75, 3.05) is 11.9 Å². The largest absolute Gasteiger partial charge is 0.480 e. The minimum absolute atomic E-state index is 0.578. The van der Waals surface area contributed by atoms with Crippen molar-refractivity contribution in [2.45, 2.75) is 26.3 Å². The van der Waals surface area contributed by atoms with E-state index in [1.807, 2.05) is 26.0 Å². The molecule has 0 spiro atoms. The van der Waals surface area contributed by atoms with Gasteiger partial charge in [-0.2, -0.15) is 0 Å². The Morgan fingerprint density at radius 1 is 1.37 bits per heavy atom. The molecular formula is C13H18N2O4. The molecular weight excluding hydrogens is 248 g/mol. The number of carbonyl (C=O) groups excluding carboxylic acids is 1. The molecule has 1 atom stereocenters. The predicted octanol–water partition coefficient (Wildman–Crippen LogP) is 1.12. The number of carbonyl (C=O) groups is 2. The van der Waals surface area contributed by atoms with E-state index in [9.17, 15) is 9.59 Å². The lowest BCUT2D eigenvalue weighted by Gasteiger charge is -2.13. The summed E-state index contributed by atoms with van der Waals surface area (Å²) in [7, 11) is 0. The van der Waals surface area contributed by atoms with Crippen LogP contribution >= 0.6 is 0 Å². The first-order chi connectivity index (χ1) is 8.97. The van der Waals surface area contributed by atoms with Crippen LogP contribution in [0.15, 0.2) is 18.2 Å². The van der Waals surface area contributed by atoms with E-state index in [1.165, 1.54) is 5.56 Å². The van der Waals surface area contributed by atoms with Crippen LogP contribution in [0.1, 0.15) is 18.1 Å². The molecule has 0 heterocycles. The summed E-state index contributed by atoms with van der Waals surface area (Å²) >= 11 is 0. The van der Waals surface area contributed by atoms with Gasteiger partial charge in [0, 0.05) is 5.69 Å². The van der Waals surface area contributed by atoms with E-state index in [-0.39, 0.29) is 0 Å². The first kappa shape index (κ1) is 15.0. The molecule has 6 nitrogen and oxygen atoms in total. The Morgan fingerprint density at radius 3 is 2.53 bits per heavy atom. The van der Waals surface area contributed by atoms with Crippen LogP contribution in [0.3, 0.4) is 0 Å². The van der Waals surface area contributed by atoms with Gasteiger partial charge in [0.15, 0.2) is 6.04 Å². The molecule has 4 N–H and O–H groups in total. The summed E-state index contributed by atoms with van der Waals surface area (Å²) in [4.78, 5) is 22.2. The fourth-order valence-electron chi connectivity index (χ4n) is 1.68. The Balaban J connectivity index is 2.67. The van der Waals surface area contributed by atoms with Crippen molar-refractivity contribution in [1.82, 2.24) is 5.32 Å². The molecule has 0 saturated heterocycles. The molecule has 0 radical (unpaired) electrons. The fourth-order valence-corrected chi connectivity index (χ4v) is 1.68. The average Bonchev–Trinajstić information content (AvgIpc) is 2.35. The van der Waals surface area contributed by atoms with Crippen molar-refractivity contribution in [3.63, 3.8) is 0 Å². The van der Waals surface area contributed by atoms with Gasteiger partial charge in [-0.25, -0.2) is 9.59 Å². The molecule has 0 bridgehead atoms. The number of carboxylic acids is 1. The maximum absolute atomic E-state index is 11.6. The van der Waals surface area contributed by atoms with Crippen molar-refractivity contribution < 1.29 is 19.8 Å². The second kappa shape index (κ2) is 6.75. The van der Waals surface area contributed by atoms with Crippen LogP contribution in [0, 0.1) is 6.92 Å². The van der Waals surface area contributed by atoms with Crippen LogP contribution in [-0.2, 0) is 11.2 Å². The van der Waals surface area contributed by atoms with E-state index < -0.39 is 24.6 Å². The maximum atomic E-state index is 11.6. The molecule has 6 heteroatoms. The molecule has 0 aliphatic heterocycles. The number of aliphatic hydroxyl groups excluding tert-OH is 1. The average molecular weight is 266 g/mol. The number of amides is 2. The zero-order chi connectivity index (χ0) is 14.4. The van der Waals surface area contributed by atoms with Crippen molar-refractivity contribution in [3.05, 3.63) is 29.3 Å². The molecule has 1 aromatic rings. The van der Waals surface area contributed by atoms with Gasteiger partial charge in [0.1, 0.15) is 0 Å². The molecule has 104 valence electrons. The Hall–Kier alpha value is -2.08. The maximum Gasteiger partial charge on any atom is 0.328 e. The van der Waals surface area contributed by atoms with Gasteiger partial charge in [0.25, 0.3) is 0 Å². The normalized spacial score (nSPS) is 11.7. The van der Waals surface area contributed by atoms with Crippen molar-refractivity contribution in [3.8, 4) is 0 Å². The third-order valence-corrected chi connectivity index (χ3v) is 2.77. The second-order valence-electron chi connectivity index (χ2n) is 4.17. The highest BCUT2D eigenvalue weighted by atomic mass is 16.4. The third kappa shape index (κ3) is 4.26. The van der Waals surface area contributed by atoms with Gasteiger partial charge in [0.2, 0.25) is 0 Å². The van der Waals surface area contributed by atoms with Gasteiger partial charge in [-0.1, -0.05) is 13.0 Å². The number of nitrogens with one attached hydrogen (secondary N) is 2. The van der Waals surface area contributed by atoms with Gasteiger partial charge in [-0.15, -0.1) is 0 Å². The Kier molecular flexibility index (Phi) is 5.32. The molecule has 1 aromatic carbocycles. The summed E-state index contributed by atoms with van der Waals surface area (Å²) in [5, 5.41) is 22.2. The van der Waals surface area contributed by atoms with Gasteiger partial charge < -0.3 is 20.8 Å². The molecule has 0 aromatic heterocycles. The van der Waals surface area contributed by atoms with Gasteiger partial charge in [0.05, 0.1) is 6.61 Å². The van der Waals surface area contributed by atoms with Crippen molar-refractivity contribution in [2.24, 2.45) is 0 Å². The number of hydrogen-bond acceptors (Lipinski definition) is 3. The van der Waals surface area contributed by atoms with E-state index >= 15 is 0 Å². The van der Waals surface area contributed by atoms with Gasteiger partial charge in [-0.3, -0.25) is 0 Å². The lowest BCUT2D eigenvalue weighted by molar-refractivity contribution is -0.140. The highest BCUT2D eigenvalue weighted by Crippen LogP contribution is 2.15. The van der Waals surface area contributed by atoms with E-state index in [1.54, 1.807) is 6.07 Å². The molecule has 0 saturated carbocycles. The summed E-state index contributed by atoms with van der Waals surface area (Å²) in [6.45, 7) is 3.33. The van der Waals surface area contributed by atoms with Gasteiger partial charge in [-0.05, 0) is 36.6 Å². The number of aryl methyl sites for hydroxylation is 2. The van der Waals surface area contributed by atoms with E-state index in [0.29, 0.717) is 5.69 Å². The molecule has 1 rings (SSSR count). The van der Waals surface area contributed by atoms with Crippen LogP contribution < -0.4 is 10.6 Å². The van der Waals surface area contributed by atoms with Crippen LogP contribution in [0.25, 0.3) is 0 Å². The standard InChI is InChI=1S/C13H18N2O4/c1-3-9-4-5-10(6-8(9)2)14-13(19)15-11(7-16)12(17)18/h4-6,11,16H,3,7H2,1-2H3,(H,17,18)(H2,14,15,19)/t11-/m0/s1. The zero-order valence-electron chi connectivity index (χ0n) is 10.9. The number of hydrogen-bond donors (Lipinski definition) is 4. The van der Waals surface area contributed by atoms with E-state index in [4.69, 9.17) is 10.2 Å². The number of urea groups is 1. The third-order valence-electron chi connectivity index (χ3n) is 2.77. The Labute approximate surface area is 111 Å². The fraction of sp³-hybridized carbons (Fsp3) is 0.385. The lowest BCUT2D eigenvalue weighted by atomic mass is 10.1. The summed E-state index contributed by atoms with van der Waals surface area (Å²) in [5.41, 5.74) is 2.82. The summed E-state index contributed by atoms with van der Waals surface area (Å²) in [6, 6.07) is 3.50. The van der Waals surface area contributed by atoms with Gasteiger partial charge >= 0.3 is 12.0 Å². The first-order valence-corrected chi connectivity index (χ1v) is 5.98. The summed E-state index contributed by atoms with van der Waals surface area (Å²) in [6.07, 6.45) is 0.907. The number of carboxylic acid groups (broad SMARTS) is 1. The molecule has 0 unspecified atom stereocenters. The summed E-state index contributed by atoms with van der Waals surface area (Å²) < 4.78 is 0. The zero-order valence-corrected chi connectivity index (χ0v) is 10.9. The number of aliphatic hydroxyl groups is 1. The van der Waals surface area contributed by atoms with Crippen molar-refractivity contribution in [1.29, 1.82) is 0 Å².